The zero-order chi connectivity index (χ0) is 18.2. The molecule has 0 unspecified atom stereocenters. The van der Waals surface area contributed by atoms with E-state index < -0.39 is 0 Å². The van der Waals surface area contributed by atoms with Gasteiger partial charge in [0.2, 0.25) is 11.8 Å². The number of hydrogen-bond acceptors (Lipinski definition) is 3. The molecule has 3 N–H and O–H groups in total. The van der Waals surface area contributed by atoms with Gasteiger partial charge in [0.05, 0.1) is 6.54 Å². The number of fused-ring (bicyclic) bond motifs is 1. The molecule has 26 heavy (non-hydrogen) atoms. The van der Waals surface area contributed by atoms with Gasteiger partial charge in [0.15, 0.2) is 0 Å². The van der Waals surface area contributed by atoms with Gasteiger partial charge in [0.25, 0.3) is 0 Å². The molecule has 0 fully saturated rings. The second kappa shape index (κ2) is 8.62. The highest BCUT2D eigenvalue weighted by atomic mass is 16.2. The van der Waals surface area contributed by atoms with Gasteiger partial charge in [-0.1, -0.05) is 24.3 Å². The normalized spacial score (nSPS) is 10.9. The number of H-pyrrole nitrogens is 1. The average molecular weight is 348 g/mol. The molecule has 3 aromatic rings. The summed E-state index contributed by atoms with van der Waals surface area (Å²) in [5.74, 6) is -0.534. The van der Waals surface area contributed by atoms with Crippen LogP contribution in [0.5, 0.6) is 0 Å². The first-order chi connectivity index (χ1) is 12.7. The smallest absolute Gasteiger partial charge is 0.244 e. The van der Waals surface area contributed by atoms with Gasteiger partial charge >= 0.3 is 0 Å². The number of aromatic amines is 1. The fraction of sp³-hybridized carbons (Fsp3) is 0.150. The third-order valence-corrected chi connectivity index (χ3v) is 3.93. The quantitative estimate of drug-likeness (QED) is 0.571. The number of hydrogen-bond donors (Lipinski definition) is 3. The van der Waals surface area contributed by atoms with Crippen LogP contribution in [0.15, 0.2) is 61.1 Å². The van der Waals surface area contributed by atoms with Crippen molar-refractivity contribution < 1.29 is 9.59 Å². The fourth-order valence-electron chi connectivity index (χ4n) is 2.61. The number of pyridine rings is 1. The van der Waals surface area contributed by atoms with Crippen LogP contribution >= 0.6 is 0 Å². The summed E-state index contributed by atoms with van der Waals surface area (Å²) in [4.78, 5) is 30.7. The minimum absolute atomic E-state index is 0.0515. The molecular weight excluding hydrogens is 328 g/mol. The minimum Gasteiger partial charge on any atom is -0.361 e. The number of rotatable bonds is 7. The van der Waals surface area contributed by atoms with Crippen LogP contribution in [0, 0.1) is 0 Å². The van der Waals surface area contributed by atoms with E-state index in [0.717, 1.165) is 28.5 Å². The molecule has 1 aromatic carbocycles. The lowest BCUT2D eigenvalue weighted by atomic mass is 10.1. The summed E-state index contributed by atoms with van der Waals surface area (Å²) in [7, 11) is 0. The van der Waals surface area contributed by atoms with Crippen LogP contribution in [0.25, 0.3) is 17.0 Å². The maximum absolute atomic E-state index is 11.8. The van der Waals surface area contributed by atoms with Crippen molar-refractivity contribution in [2.75, 3.05) is 13.1 Å². The molecule has 0 atom stereocenters. The Hall–Kier alpha value is -3.41. The van der Waals surface area contributed by atoms with E-state index in [1.54, 1.807) is 24.5 Å². The molecule has 0 spiro atoms. The first-order valence-electron chi connectivity index (χ1n) is 8.40. The second-order valence-electron chi connectivity index (χ2n) is 5.80. The molecule has 0 saturated heterocycles. The molecule has 2 heterocycles. The Morgan fingerprint density at radius 1 is 1.12 bits per heavy atom. The number of benzene rings is 1. The van der Waals surface area contributed by atoms with Crippen molar-refractivity contribution >= 4 is 28.8 Å². The molecule has 0 aliphatic carbocycles. The van der Waals surface area contributed by atoms with Crippen molar-refractivity contribution in [3.63, 3.8) is 0 Å². The van der Waals surface area contributed by atoms with E-state index in [9.17, 15) is 9.59 Å². The van der Waals surface area contributed by atoms with Crippen LogP contribution in [-0.4, -0.2) is 34.9 Å². The van der Waals surface area contributed by atoms with Gasteiger partial charge < -0.3 is 15.6 Å². The topological polar surface area (TPSA) is 86.9 Å². The van der Waals surface area contributed by atoms with Crippen molar-refractivity contribution in [3.05, 3.63) is 72.2 Å². The van der Waals surface area contributed by atoms with E-state index in [0.29, 0.717) is 6.54 Å². The van der Waals surface area contributed by atoms with E-state index in [4.69, 9.17) is 0 Å². The Morgan fingerprint density at radius 3 is 2.85 bits per heavy atom. The lowest BCUT2D eigenvalue weighted by Crippen LogP contribution is -2.37. The first-order valence-corrected chi connectivity index (χ1v) is 8.40. The molecule has 2 amide bonds. The predicted octanol–water partition coefficient (Wildman–Crippen LogP) is 2.05. The van der Waals surface area contributed by atoms with Gasteiger partial charge in [0, 0.05) is 42.1 Å². The predicted molar refractivity (Wildman–Crippen MR) is 101 cm³/mol. The Balaban J connectivity index is 1.39. The number of amides is 2. The third kappa shape index (κ3) is 4.80. The van der Waals surface area contributed by atoms with E-state index in [2.05, 4.69) is 26.7 Å². The fourth-order valence-corrected chi connectivity index (χ4v) is 2.61. The molecule has 0 saturated carbocycles. The zero-order valence-electron chi connectivity index (χ0n) is 14.2. The maximum Gasteiger partial charge on any atom is 0.244 e. The molecule has 0 aliphatic heterocycles. The summed E-state index contributed by atoms with van der Waals surface area (Å²) in [5, 5.41) is 6.54. The molecule has 6 heteroatoms. The minimum atomic E-state index is -0.319. The summed E-state index contributed by atoms with van der Waals surface area (Å²) < 4.78 is 0. The number of carbonyl (C=O) groups excluding carboxylic acids is 2. The van der Waals surface area contributed by atoms with Gasteiger partial charge in [-0.25, -0.2) is 0 Å². The first kappa shape index (κ1) is 17.4. The largest absolute Gasteiger partial charge is 0.361 e. The molecular formula is C20H20N4O2. The van der Waals surface area contributed by atoms with Crippen LogP contribution < -0.4 is 10.6 Å². The van der Waals surface area contributed by atoms with Crippen LogP contribution in [0.1, 0.15) is 11.1 Å². The SMILES string of the molecule is O=C(C=Cc1cccnc1)NCC(=O)NCCc1c[nH]c2ccccc12. The summed E-state index contributed by atoms with van der Waals surface area (Å²) in [5.41, 5.74) is 3.07. The summed E-state index contributed by atoms with van der Waals surface area (Å²) in [6.07, 6.45) is 9.04. The standard InChI is InChI=1S/C20H20N4O2/c25-19(8-7-15-4-3-10-21-12-15)24-14-20(26)22-11-9-16-13-23-18-6-2-1-5-17(16)18/h1-8,10,12-13,23H,9,11,14H2,(H,22,26)(H,24,25). The Kier molecular flexibility index (Phi) is 5.77. The highest BCUT2D eigenvalue weighted by Crippen LogP contribution is 2.17. The Morgan fingerprint density at radius 2 is 2.00 bits per heavy atom. The molecule has 0 radical (unpaired) electrons. The molecule has 6 nitrogen and oxygen atoms in total. The monoisotopic (exact) mass is 348 g/mol. The van der Waals surface area contributed by atoms with Crippen molar-refractivity contribution in [2.24, 2.45) is 0 Å². The molecule has 0 bridgehead atoms. The summed E-state index contributed by atoms with van der Waals surface area (Å²) in [6.45, 7) is 0.464. The lowest BCUT2D eigenvalue weighted by Gasteiger charge is -2.05. The number of aromatic nitrogens is 2. The van der Waals surface area contributed by atoms with Crippen LogP contribution in [-0.2, 0) is 16.0 Å². The van der Waals surface area contributed by atoms with Gasteiger partial charge in [-0.05, 0) is 35.8 Å². The van der Waals surface area contributed by atoms with E-state index >= 15 is 0 Å². The Labute approximate surface area is 151 Å². The highest BCUT2D eigenvalue weighted by Gasteiger charge is 2.05. The molecule has 3 rings (SSSR count). The van der Waals surface area contributed by atoms with Crippen LogP contribution in [0.3, 0.4) is 0 Å². The summed E-state index contributed by atoms with van der Waals surface area (Å²) in [6, 6.07) is 11.7. The number of nitrogens with one attached hydrogen (secondary N) is 3. The van der Waals surface area contributed by atoms with E-state index in [1.165, 1.54) is 6.08 Å². The molecule has 132 valence electrons. The maximum atomic E-state index is 11.8. The third-order valence-electron chi connectivity index (χ3n) is 3.93. The summed E-state index contributed by atoms with van der Waals surface area (Å²) >= 11 is 0. The average Bonchev–Trinajstić information content (AvgIpc) is 3.09. The van der Waals surface area contributed by atoms with Gasteiger partial charge in [-0.15, -0.1) is 0 Å². The van der Waals surface area contributed by atoms with Crippen molar-refractivity contribution in [1.29, 1.82) is 0 Å². The highest BCUT2D eigenvalue weighted by molar-refractivity contribution is 5.94. The zero-order valence-corrected chi connectivity index (χ0v) is 14.2. The van der Waals surface area contributed by atoms with Crippen molar-refractivity contribution in [2.45, 2.75) is 6.42 Å². The number of para-hydroxylation sites is 1. The van der Waals surface area contributed by atoms with E-state index in [1.807, 2.05) is 30.5 Å². The van der Waals surface area contributed by atoms with Crippen LogP contribution in [0.2, 0.25) is 0 Å². The van der Waals surface area contributed by atoms with Crippen LogP contribution in [0.4, 0.5) is 0 Å². The number of nitrogens with zero attached hydrogens (tertiary/aromatic N) is 1. The second-order valence-corrected chi connectivity index (χ2v) is 5.80. The van der Waals surface area contributed by atoms with Crippen molar-refractivity contribution in [3.8, 4) is 0 Å². The Bertz CT molecular complexity index is 916. The molecule has 0 aliphatic rings. The van der Waals surface area contributed by atoms with Crippen molar-refractivity contribution in [1.82, 2.24) is 20.6 Å². The van der Waals surface area contributed by atoms with Gasteiger partial charge in [-0.3, -0.25) is 14.6 Å². The lowest BCUT2D eigenvalue weighted by molar-refractivity contribution is -0.123. The van der Waals surface area contributed by atoms with Gasteiger partial charge in [0.1, 0.15) is 0 Å². The molecule has 2 aromatic heterocycles. The van der Waals surface area contributed by atoms with Gasteiger partial charge in [-0.2, -0.15) is 0 Å². The van der Waals surface area contributed by atoms with E-state index in [-0.39, 0.29) is 18.4 Å². The number of carbonyl (C=O) groups is 2.